The molecule has 1 aliphatic carbocycles. The van der Waals surface area contributed by atoms with Crippen molar-refractivity contribution in [3.63, 3.8) is 0 Å². The number of hydrogen-bond donors (Lipinski definition) is 2. The van der Waals surface area contributed by atoms with Crippen LogP contribution in [0.2, 0.25) is 0 Å². The van der Waals surface area contributed by atoms with Crippen LogP contribution in [-0.4, -0.2) is 20.6 Å². The first-order valence-corrected chi connectivity index (χ1v) is 10.6. The molecule has 176 valence electrons. The van der Waals surface area contributed by atoms with E-state index in [4.69, 9.17) is 0 Å². The molecular weight excluding hydrogens is 447 g/mol. The Morgan fingerprint density at radius 3 is 2.62 bits per heavy atom. The number of nitrogens with one attached hydrogen (secondary N) is 1. The van der Waals surface area contributed by atoms with Gasteiger partial charge < -0.3 is 10.4 Å². The molecule has 3 aromatic rings. The van der Waals surface area contributed by atoms with E-state index in [1.165, 1.54) is 23.7 Å². The molecule has 0 aliphatic heterocycles. The van der Waals surface area contributed by atoms with E-state index in [-0.39, 0.29) is 27.7 Å². The number of benzene rings is 2. The van der Waals surface area contributed by atoms with Gasteiger partial charge in [-0.2, -0.15) is 13.2 Å². The second-order valence-corrected chi connectivity index (χ2v) is 8.13. The zero-order chi connectivity index (χ0) is 24.6. The van der Waals surface area contributed by atoms with Crippen molar-refractivity contribution >= 4 is 28.1 Å². The molecule has 1 heterocycles. The largest absolute Gasteiger partial charge is 0.478 e. The van der Waals surface area contributed by atoms with E-state index in [0.29, 0.717) is 12.2 Å². The molecule has 0 saturated carbocycles. The van der Waals surface area contributed by atoms with Crippen LogP contribution >= 0.6 is 0 Å². The summed E-state index contributed by atoms with van der Waals surface area (Å²) in [6.45, 7) is 1.61. The Morgan fingerprint density at radius 1 is 1.24 bits per heavy atom. The molecule has 0 saturated heterocycles. The molecule has 0 radical (unpaired) electrons. The van der Waals surface area contributed by atoms with Crippen molar-refractivity contribution < 1.29 is 23.1 Å². The van der Waals surface area contributed by atoms with Gasteiger partial charge in [0.05, 0.1) is 28.1 Å². The van der Waals surface area contributed by atoms with E-state index < -0.39 is 29.3 Å². The number of alkyl halides is 3. The standard InChI is InChI=1S/C25H22F3N3O3/c1-14(29-20-11-7-6-10-17(20)24(33)34)18-12-16(25(26,27)28)13-19-21(18)30-22(31(2)23(19)32)15-8-4-3-5-9-15/h3-4,6-8,10-14,29H,5,9H2,1-2H3,(H,33,34)/t14-/m1/s1. The van der Waals surface area contributed by atoms with Crippen LogP contribution < -0.4 is 10.9 Å². The monoisotopic (exact) mass is 469 g/mol. The number of aromatic carboxylic acids is 1. The summed E-state index contributed by atoms with van der Waals surface area (Å²) in [4.78, 5) is 29.4. The van der Waals surface area contributed by atoms with Gasteiger partial charge in [0, 0.05) is 18.3 Å². The number of allylic oxidation sites excluding steroid dienone is 4. The Labute approximate surface area is 193 Å². The highest BCUT2D eigenvalue weighted by Crippen LogP contribution is 2.35. The second kappa shape index (κ2) is 8.81. The van der Waals surface area contributed by atoms with Gasteiger partial charge in [-0.05, 0) is 49.6 Å². The SMILES string of the molecule is C[C@@H](Nc1ccccc1C(=O)O)c1cc(C(F)(F)F)cc2c(=O)n(C)c(C3=CC=CCC3)nc12. The highest BCUT2D eigenvalue weighted by molar-refractivity contribution is 5.94. The molecule has 0 fully saturated rings. The van der Waals surface area contributed by atoms with Gasteiger partial charge in [0.1, 0.15) is 5.82 Å². The summed E-state index contributed by atoms with van der Waals surface area (Å²) in [5.74, 6) is -0.781. The minimum absolute atomic E-state index is 0.0191. The van der Waals surface area contributed by atoms with Crippen LogP contribution in [0.3, 0.4) is 0 Å². The molecule has 0 unspecified atom stereocenters. The highest BCUT2D eigenvalue weighted by Gasteiger charge is 2.33. The van der Waals surface area contributed by atoms with Crippen molar-refractivity contribution in [2.75, 3.05) is 5.32 Å². The average molecular weight is 469 g/mol. The van der Waals surface area contributed by atoms with Crippen LogP contribution in [0.25, 0.3) is 16.5 Å². The van der Waals surface area contributed by atoms with E-state index >= 15 is 0 Å². The van der Waals surface area contributed by atoms with Gasteiger partial charge in [-0.15, -0.1) is 0 Å². The van der Waals surface area contributed by atoms with E-state index in [0.717, 1.165) is 24.1 Å². The molecule has 2 N–H and O–H groups in total. The minimum Gasteiger partial charge on any atom is -0.478 e. The molecule has 1 aliphatic rings. The van der Waals surface area contributed by atoms with Gasteiger partial charge in [-0.3, -0.25) is 9.36 Å². The van der Waals surface area contributed by atoms with Crippen molar-refractivity contribution in [1.29, 1.82) is 0 Å². The molecule has 0 bridgehead atoms. The lowest BCUT2D eigenvalue weighted by atomic mass is 9.98. The molecule has 1 aromatic heterocycles. The summed E-state index contributed by atoms with van der Waals surface area (Å²) >= 11 is 0. The molecule has 1 atom stereocenters. The molecule has 0 spiro atoms. The van der Waals surface area contributed by atoms with E-state index in [2.05, 4.69) is 10.3 Å². The average Bonchev–Trinajstić information content (AvgIpc) is 2.80. The number of fused-ring (bicyclic) bond motifs is 1. The molecule has 2 aromatic carbocycles. The lowest BCUT2D eigenvalue weighted by Crippen LogP contribution is -2.24. The zero-order valence-corrected chi connectivity index (χ0v) is 18.5. The first kappa shape index (κ1) is 23.3. The smallest absolute Gasteiger partial charge is 0.416 e. The summed E-state index contributed by atoms with van der Waals surface area (Å²) in [6, 6.07) is 7.13. The Balaban J connectivity index is 1.94. The molecule has 6 nitrogen and oxygen atoms in total. The molecule has 0 amide bonds. The fourth-order valence-electron chi connectivity index (χ4n) is 4.08. The van der Waals surface area contributed by atoms with Crippen molar-refractivity contribution in [1.82, 2.24) is 9.55 Å². The number of carbonyl (C=O) groups is 1. The number of rotatable bonds is 5. The number of hydrogen-bond acceptors (Lipinski definition) is 4. The summed E-state index contributed by atoms with van der Waals surface area (Å²) in [6.07, 6.45) is 2.42. The maximum absolute atomic E-state index is 13.7. The van der Waals surface area contributed by atoms with Gasteiger partial charge >= 0.3 is 12.1 Å². The molecule has 34 heavy (non-hydrogen) atoms. The van der Waals surface area contributed by atoms with Gasteiger partial charge in [-0.25, -0.2) is 9.78 Å². The first-order valence-electron chi connectivity index (χ1n) is 10.6. The van der Waals surface area contributed by atoms with Crippen LogP contribution in [0, 0.1) is 0 Å². The van der Waals surface area contributed by atoms with Gasteiger partial charge in [0.15, 0.2) is 0 Å². The quantitative estimate of drug-likeness (QED) is 0.511. The van der Waals surface area contributed by atoms with Crippen LogP contribution in [0.5, 0.6) is 0 Å². The fraction of sp³-hybridized carbons (Fsp3) is 0.240. The van der Waals surface area contributed by atoms with Gasteiger partial charge in [-0.1, -0.05) is 30.4 Å². The number of aromatic nitrogens is 2. The molecule has 4 rings (SSSR count). The number of carboxylic acid groups (broad SMARTS) is 1. The number of nitrogens with zero attached hydrogens (tertiary/aromatic N) is 2. The van der Waals surface area contributed by atoms with Crippen LogP contribution in [-0.2, 0) is 13.2 Å². The van der Waals surface area contributed by atoms with Crippen molar-refractivity contribution in [3.05, 3.63) is 87.5 Å². The number of carboxylic acids is 1. The van der Waals surface area contributed by atoms with Crippen LogP contribution in [0.1, 0.15) is 53.1 Å². The highest BCUT2D eigenvalue weighted by atomic mass is 19.4. The Bertz CT molecular complexity index is 1400. The molecule has 9 heteroatoms. The predicted molar refractivity (Wildman–Crippen MR) is 124 cm³/mol. The summed E-state index contributed by atoms with van der Waals surface area (Å²) in [5, 5.41) is 12.3. The van der Waals surface area contributed by atoms with E-state index in [1.807, 2.05) is 18.2 Å². The summed E-state index contributed by atoms with van der Waals surface area (Å²) in [7, 11) is 1.49. The number of para-hydroxylation sites is 1. The topological polar surface area (TPSA) is 84.2 Å². The third kappa shape index (κ3) is 4.33. The second-order valence-electron chi connectivity index (χ2n) is 8.13. The third-order valence-corrected chi connectivity index (χ3v) is 5.83. The molecular formula is C25H22F3N3O3. The predicted octanol–water partition coefficient (Wildman–Crippen LogP) is 5.56. The number of anilines is 1. The third-order valence-electron chi connectivity index (χ3n) is 5.83. The van der Waals surface area contributed by atoms with Crippen molar-refractivity contribution in [2.45, 2.75) is 32.0 Å². The maximum Gasteiger partial charge on any atom is 0.416 e. The first-order chi connectivity index (χ1) is 16.1. The van der Waals surface area contributed by atoms with Crippen LogP contribution in [0.15, 0.2) is 59.4 Å². The zero-order valence-electron chi connectivity index (χ0n) is 18.5. The lowest BCUT2D eigenvalue weighted by Gasteiger charge is -2.21. The number of halogens is 3. The van der Waals surface area contributed by atoms with E-state index in [9.17, 15) is 27.9 Å². The van der Waals surface area contributed by atoms with Gasteiger partial charge in [0.2, 0.25) is 0 Å². The minimum atomic E-state index is -4.68. The van der Waals surface area contributed by atoms with Gasteiger partial charge in [0.25, 0.3) is 5.56 Å². The lowest BCUT2D eigenvalue weighted by molar-refractivity contribution is -0.137. The van der Waals surface area contributed by atoms with Crippen molar-refractivity contribution in [2.24, 2.45) is 7.05 Å². The normalized spacial score (nSPS) is 14.7. The van der Waals surface area contributed by atoms with Crippen molar-refractivity contribution in [3.8, 4) is 0 Å². The van der Waals surface area contributed by atoms with E-state index in [1.54, 1.807) is 19.1 Å². The summed E-state index contributed by atoms with van der Waals surface area (Å²) in [5.41, 5.74) is -0.217. The van der Waals surface area contributed by atoms with Crippen LogP contribution in [0.4, 0.5) is 18.9 Å². The fourth-order valence-corrected chi connectivity index (χ4v) is 4.08. The Morgan fingerprint density at radius 2 is 1.97 bits per heavy atom. The Hall–Kier alpha value is -3.88. The Kier molecular flexibility index (Phi) is 6.03. The maximum atomic E-state index is 13.7. The summed E-state index contributed by atoms with van der Waals surface area (Å²) < 4.78 is 42.4.